The van der Waals surface area contributed by atoms with Crippen LogP contribution in [0.15, 0.2) is 23.2 Å². The third-order valence-corrected chi connectivity index (χ3v) is 8.46. The molecule has 148 valence electrons. The minimum atomic E-state index is -3.84. The number of ether oxygens (including phenoxy) is 1. The first kappa shape index (κ1) is 19.5. The summed E-state index contributed by atoms with van der Waals surface area (Å²) in [5, 5.41) is 10.5. The molecular weight excluding hydrogens is 370 g/mol. The van der Waals surface area contributed by atoms with Gasteiger partial charge in [0.05, 0.1) is 5.25 Å². The number of benzene rings is 1. The molecule has 0 fully saturated rings. The lowest BCUT2D eigenvalue weighted by molar-refractivity contribution is 0.101. The minimum Gasteiger partial charge on any atom is -0.487 e. The predicted molar refractivity (Wildman–Crippen MR) is 103 cm³/mol. The number of nitrogens with zero attached hydrogens (tertiary/aromatic N) is 1. The molecule has 0 aliphatic carbocycles. The van der Waals surface area contributed by atoms with E-state index in [1.807, 2.05) is 13.8 Å². The van der Waals surface area contributed by atoms with Crippen LogP contribution in [0.2, 0.25) is 0 Å². The van der Waals surface area contributed by atoms with E-state index < -0.39 is 37.1 Å². The number of hydrogen-bond donors (Lipinski definition) is 3. The van der Waals surface area contributed by atoms with E-state index >= 15 is 0 Å². The maximum Gasteiger partial charge on any atom is 0.410 e. The monoisotopic (exact) mass is 395 g/mol. The Labute approximate surface area is 158 Å². The largest absolute Gasteiger partial charge is 0.487 e. The summed E-state index contributed by atoms with van der Waals surface area (Å²) in [5.74, 6) is 0.384. The van der Waals surface area contributed by atoms with E-state index in [0.29, 0.717) is 17.0 Å². The lowest BCUT2D eigenvalue weighted by Gasteiger charge is -2.44. The minimum absolute atomic E-state index is 0.109. The van der Waals surface area contributed by atoms with Crippen LogP contribution in [0.3, 0.4) is 0 Å². The molecule has 0 radical (unpaired) electrons. The van der Waals surface area contributed by atoms with Crippen LogP contribution in [-0.2, 0) is 15.4 Å². The zero-order valence-electron chi connectivity index (χ0n) is 16.0. The van der Waals surface area contributed by atoms with Gasteiger partial charge in [0, 0.05) is 17.7 Å². The maximum atomic E-state index is 13.6. The summed E-state index contributed by atoms with van der Waals surface area (Å²) in [4.78, 5) is 15.9. The molecule has 0 aromatic heterocycles. The van der Waals surface area contributed by atoms with E-state index in [-0.39, 0.29) is 12.3 Å². The van der Waals surface area contributed by atoms with E-state index in [4.69, 9.17) is 10.5 Å². The highest BCUT2D eigenvalue weighted by Crippen LogP contribution is 2.51. The summed E-state index contributed by atoms with van der Waals surface area (Å²) in [6, 6.07) is 5.03. The highest BCUT2D eigenvalue weighted by molar-refractivity contribution is 7.94. The molecule has 2 aliphatic heterocycles. The van der Waals surface area contributed by atoms with E-state index in [1.165, 1.54) is 13.8 Å². The Balaban J connectivity index is 2.39. The topological polar surface area (TPSA) is 131 Å². The quantitative estimate of drug-likeness (QED) is 0.578. The summed E-state index contributed by atoms with van der Waals surface area (Å²) in [6.07, 6.45) is -1.16. The molecule has 2 atom stereocenters. The van der Waals surface area contributed by atoms with Crippen LogP contribution in [0, 0.1) is 0 Å². The fourth-order valence-corrected chi connectivity index (χ4v) is 6.35. The normalized spacial score (nSPS) is 30.0. The fourth-order valence-electron chi connectivity index (χ4n) is 3.87. The van der Waals surface area contributed by atoms with Crippen molar-refractivity contribution in [1.29, 1.82) is 0 Å². The first-order valence-corrected chi connectivity index (χ1v) is 10.2. The first-order valence-electron chi connectivity index (χ1n) is 8.63. The molecule has 2 heterocycles. The Morgan fingerprint density at radius 2 is 1.93 bits per heavy atom. The van der Waals surface area contributed by atoms with E-state index in [0.717, 1.165) is 0 Å². The number of carbonyl (C=O) groups is 1. The number of hydrogen-bond acceptors (Lipinski definition) is 6. The van der Waals surface area contributed by atoms with Gasteiger partial charge in [-0.2, -0.15) is 0 Å². The molecule has 0 saturated heterocycles. The Morgan fingerprint density at radius 1 is 1.30 bits per heavy atom. The van der Waals surface area contributed by atoms with Crippen LogP contribution in [0.1, 0.15) is 46.6 Å². The molecule has 4 N–H and O–H groups in total. The van der Waals surface area contributed by atoms with Gasteiger partial charge < -0.3 is 15.6 Å². The van der Waals surface area contributed by atoms with Crippen molar-refractivity contribution >= 4 is 27.5 Å². The number of aliphatic imine (C=N–C) groups is 1. The average Bonchev–Trinajstić information content (AvgIpc) is 2.59. The molecule has 27 heavy (non-hydrogen) atoms. The molecule has 1 aromatic rings. The standard InChI is InChI=1S/C18H25N3O5S/c1-16(2)9-13-18(5,11-8-10(19)6-7-12(11)26-16)21-14(20-15(22)23)17(3,4)27(13,24)25/h6-8,13H,9,19H2,1-5H3,(H,20,21)(H,22,23)/t13-,18-/m1/s1. The van der Waals surface area contributed by atoms with Crippen molar-refractivity contribution in [3.8, 4) is 5.75 Å². The van der Waals surface area contributed by atoms with Gasteiger partial charge in [-0.15, -0.1) is 0 Å². The molecule has 0 unspecified atom stereocenters. The number of nitrogen functional groups attached to an aromatic ring is 1. The van der Waals surface area contributed by atoms with Crippen LogP contribution in [0.5, 0.6) is 5.75 Å². The lowest BCUT2D eigenvalue weighted by atomic mass is 9.84. The van der Waals surface area contributed by atoms with Gasteiger partial charge in [0.15, 0.2) is 9.84 Å². The Kier molecular flexibility index (Phi) is 4.04. The fraction of sp³-hybridized carbons (Fsp3) is 0.556. The molecule has 1 aromatic carbocycles. The SMILES string of the molecule is CC1(C)C[C@@H]2[C@](C)(N=C(NC(=O)O)C(C)(C)S2(=O)=O)c2cc(N)ccc2O1. The predicted octanol–water partition coefficient (Wildman–Crippen LogP) is 2.29. The van der Waals surface area contributed by atoms with Gasteiger partial charge in [-0.25, -0.2) is 13.2 Å². The molecule has 2 aliphatic rings. The van der Waals surface area contributed by atoms with Gasteiger partial charge in [0.2, 0.25) is 0 Å². The third-order valence-electron chi connectivity index (χ3n) is 5.46. The Morgan fingerprint density at radius 3 is 2.52 bits per heavy atom. The van der Waals surface area contributed by atoms with Crippen LogP contribution in [0.4, 0.5) is 10.5 Å². The molecule has 0 saturated carbocycles. The van der Waals surface area contributed by atoms with Crippen molar-refractivity contribution in [2.24, 2.45) is 4.99 Å². The van der Waals surface area contributed by atoms with Gasteiger partial charge in [0.1, 0.15) is 27.5 Å². The van der Waals surface area contributed by atoms with Gasteiger partial charge in [-0.3, -0.25) is 10.3 Å². The Hall–Kier alpha value is -2.29. The third kappa shape index (κ3) is 2.84. The zero-order valence-corrected chi connectivity index (χ0v) is 16.8. The summed E-state index contributed by atoms with van der Waals surface area (Å²) in [6.45, 7) is 8.29. The molecule has 8 nitrogen and oxygen atoms in total. The second-order valence-electron chi connectivity index (χ2n) is 8.40. The molecular formula is C18H25N3O5S. The first-order chi connectivity index (χ1) is 12.2. The van der Waals surface area contributed by atoms with E-state index in [1.54, 1.807) is 25.1 Å². The average molecular weight is 395 g/mol. The van der Waals surface area contributed by atoms with Crippen LogP contribution < -0.4 is 15.8 Å². The van der Waals surface area contributed by atoms with E-state index in [2.05, 4.69) is 10.3 Å². The second-order valence-corrected chi connectivity index (χ2v) is 11.1. The number of fused-ring (bicyclic) bond motifs is 3. The van der Waals surface area contributed by atoms with Crippen molar-refractivity contribution < 1.29 is 23.1 Å². The lowest BCUT2D eigenvalue weighted by Crippen LogP contribution is -2.62. The van der Waals surface area contributed by atoms with Gasteiger partial charge >= 0.3 is 6.09 Å². The van der Waals surface area contributed by atoms with Gasteiger partial charge in [-0.1, -0.05) is 0 Å². The molecule has 3 rings (SSSR count). The summed E-state index contributed by atoms with van der Waals surface area (Å²) in [7, 11) is -3.84. The number of rotatable bonds is 0. The highest BCUT2D eigenvalue weighted by Gasteiger charge is 2.60. The van der Waals surface area contributed by atoms with Gasteiger partial charge in [-0.05, 0) is 52.8 Å². The summed E-state index contributed by atoms with van der Waals surface area (Å²) >= 11 is 0. The van der Waals surface area contributed by atoms with Gasteiger partial charge in [0.25, 0.3) is 0 Å². The van der Waals surface area contributed by atoms with Crippen LogP contribution >= 0.6 is 0 Å². The summed E-state index contributed by atoms with van der Waals surface area (Å²) in [5.41, 5.74) is 4.92. The second kappa shape index (κ2) is 5.60. The van der Waals surface area contributed by atoms with Crippen molar-refractivity contribution in [2.45, 2.75) is 62.2 Å². The molecule has 9 heteroatoms. The molecule has 0 bridgehead atoms. The van der Waals surface area contributed by atoms with E-state index in [9.17, 15) is 18.3 Å². The van der Waals surface area contributed by atoms with Crippen molar-refractivity contribution in [3.05, 3.63) is 23.8 Å². The smallest absolute Gasteiger partial charge is 0.410 e. The maximum absolute atomic E-state index is 13.6. The number of sulfone groups is 1. The number of nitrogens with one attached hydrogen (secondary N) is 1. The van der Waals surface area contributed by atoms with Crippen molar-refractivity contribution in [3.63, 3.8) is 0 Å². The zero-order chi connectivity index (χ0) is 20.4. The highest BCUT2D eigenvalue weighted by atomic mass is 32.2. The van der Waals surface area contributed by atoms with Crippen LogP contribution in [0.25, 0.3) is 0 Å². The number of anilines is 1. The molecule has 1 amide bonds. The number of carboxylic acid groups (broad SMARTS) is 1. The number of nitrogens with two attached hydrogens (primary N) is 1. The summed E-state index contributed by atoms with van der Waals surface area (Å²) < 4.78 is 31.8. The number of amides is 1. The van der Waals surface area contributed by atoms with Crippen molar-refractivity contribution in [1.82, 2.24) is 5.32 Å². The Bertz CT molecular complexity index is 952. The van der Waals surface area contributed by atoms with Crippen molar-refractivity contribution in [2.75, 3.05) is 5.73 Å². The van der Waals surface area contributed by atoms with Crippen LogP contribution in [-0.4, -0.2) is 41.1 Å². The molecule has 0 spiro atoms. The number of amidine groups is 1.